The van der Waals surface area contributed by atoms with Gasteiger partial charge in [-0.25, -0.2) is 4.79 Å². The van der Waals surface area contributed by atoms with Crippen molar-refractivity contribution >= 4 is 11.8 Å². The predicted octanol–water partition coefficient (Wildman–Crippen LogP) is 1.25. The number of carbonyl (C=O) groups excluding carboxylic acids is 2. The summed E-state index contributed by atoms with van der Waals surface area (Å²) in [6.45, 7) is 5.86. The van der Waals surface area contributed by atoms with Crippen LogP contribution in [0.1, 0.15) is 49.9 Å². The molecule has 7 heteroatoms. The fourth-order valence-electron chi connectivity index (χ4n) is 4.72. The average Bonchev–Trinajstić information content (AvgIpc) is 3.45. The number of nitrogens with zero attached hydrogens (tertiary/aromatic N) is 4. The van der Waals surface area contributed by atoms with E-state index in [1.54, 1.807) is 6.92 Å². The predicted molar refractivity (Wildman–Crippen MR) is 100 cm³/mol. The molecule has 2 aliphatic heterocycles. The van der Waals surface area contributed by atoms with Gasteiger partial charge >= 0.3 is 5.69 Å². The summed E-state index contributed by atoms with van der Waals surface area (Å²) in [6.07, 6.45) is 5.72. The topological polar surface area (TPSA) is 75.5 Å². The van der Waals surface area contributed by atoms with Crippen LogP contribution in [0.15, 0.2) is 10.9 Å². The largest absolute Gasteiger partial charge is 0.348 e. The van der Waals surface area contributed by atoms with E-state index in [0.29, 0.717) is 24.7 Å². The number of likely N-dealkylation sites (tertiary alicyclic amines) is 2. The molecule has 0 aromatic carbocycles. The zero-order valence-electron chi connectivity index (χ0n) is 16.2. The van der Waals surface area contributed by atoms with Gasteiger partial charge in [-0.2, -0.15) is 4.98 Å². The Morgan fingerprint density at radius 2 is 2.00 bits per heavy atom. The van der Waals surface area contributed by atoms with Crippen LogP contribution in [0, 0.1) is 19.3 Å². The van der Waals surface area contributed by atoms with E-state index in [2.05, 4.69) is 9.88 Å². The number of aryl methyl sites for hydroxylation is 2. The van der Waals surface area contributed by atoms with E-state index >= 15 is 0 Å². The van der Waals surface area contributed by atoms with Gasteiger partial charge in [0.25, 0.3) is 0 Å². The number of amides is 2. The maximum absolute atomic E-state index is 12.9. The van der Waals surface area contributed by atoms with Crippen molar-refractivity contribution < 1.29 is 9.59 Å². The highest BCUT2D eigenvalue weighted by molar-refractivity contribution is 5.78. The number of piperidine rings is 2. The highest BCUT2D eigenvalue weighted by Gasteiger charge is 2.46. The normalized spacial score (nSPS) is 25.9. The third kappa shape index (κ3) is 3.64. The van der Waals surface area contributed by atoms with E-state index in [1.165, 1.54) is 4.57 Å². The highest BCUT2D eigenvalue weighted by Crippen LogP contribution is 2.42. The highest BCUT2D eigenvalue weighted by atomic mass is 16.2. The lowest BCUT2D eigenvalue weighted by Gasteiger charge is -2.48. The van der Waals surface area contributed by atoms with E-state index in [9.17, 15) is 14.4 Å². The first-order chi connectivity index (χ1) is 12.9. The molecule has 146 valence electrons. The number of aromatic nitrogens is 2. The fourth-order valence-corrected chi connectivity index (χ4v) is 4.72. The Morgan fingerprint density at radius 1 is 1.22 bits per heavy atom. The number of rotatable bonds is 3. The monoisotopic (exact) mass is 372 g/mol. The molecule has 7 nitrogen and oxygen atoms in total. The van der Waals surface area contributed by atoms with Crippen LogP contribution in [0.4, 0.5) is 0 Å². The Morgan fingerprint density at radius 3 is 2.70 bits per heavy atom. The van der Waals surface area contributed by atoms with Crippen molar-refractivity contribution in [1.82, 2.24) is 19.4 Å². The van der Waals surface area contributed by atoms with Crippen LogP contribution >= 0.6 is 0 Å². The molecule has 1 aromatic heterocycles. The summed E-state index contributed by atoms with van der Waals surface area (Å²) in [5.74, 6) is 0.249. The van der Waals surface area contributed by atoms with Gasteiger partial charge in [0.1, 0.15) is 6.54 Å². The Hall–Kier alpha value is -2.18. The second kappa shape index (κ2) is 6.77. The summed E-state index contributed by atoms with van der Waals surface area (Å²) >= 11 is 0. The van der Waals surface area contributed by atoms with Crippen molar-refractivity contribution in [3.05, 3.63) is 27.9 Å². The summed E-state index contributed by atoms with van der Waals surface area (Å²) in [7, 11) is 0. The summed E-state index contributed by atoms with van der Waals surface area (Å²) in [4.78, 5) is 45.3. The van der Waals surface area contributed by atoms with Crippen molar-refractivity contribution in [2.75, 3.05) is 19.6 Å². The molecule has 1 aliphatic carbocycles. The number of hydrogen-bond donors (Lipinski definition) is 0. The van der Waals surface area contributed by atoms with Crippen molar-refractivity contribution in [2.24, 2.45) is 5.41 Å². The maximum Gasteiger partial charge on any atom is 0.348 e. The molecule has 1 spiro atoms. The Labute approximate surface area is 159 Å². The van der Waals surface area contributed by atoms with Crippen LogP contribution in [-0.4, -0.2) is 56.8 Å². The van der Waals surface area contributed by atoms with Crippen LogP contribution in [0.3, 0.4) is 0 Å². The van der Waals surface area contributed by atoms with Crippen molar-refractivity contribution in [2.45, 2.75) is 65.0 Å². The number of carbonyl (C=O) groups is 2. The van der Waals surface area contributed by atoms with Gasteiger partial charge in [0.2, 0.25) is 11.8 Å². The molecule has 2 saturated heterocycles. The average molecular weight is 372 g/mol. The van der Waals surface area contributed by atoms with E-state index in [-0.39, 0.29) is 29.5 Å². The molecule has 4 rings (SSSR count). The van der Waals surface area contributed by atoms with E-state index in [1.807, 2.05) is 17.9 Å². The summed E-state index contributed by atoms with van der Waals surface area (Å²) in [5.41, 5.74) is 1.09. The molecular formula is C20H28N4O3. The minimum absolute atomic E-state index is 0.0238. The van der Waals surface area contributed by atoms with Crippen LogP contribution in [0.2, 0.25) is 0 Å². The van der Waals surface area contributed by atoms with Crippen molar-refractivity contribution in [1.29, 1.82) is 0 Å². The zero-order valence-corrected chi connectivity index (χ0v) is 16.2. The lowest BCUT2D eigenvalue weighted by atomic mass is 9.73. The van der Waals surface area contributed by atoms with Gasteiger partial charge in [-0.1, -0.05) is 0 Å². The van der Waals surface area contributed by atoms with Gasteiger partial charge in [-0.15, -0.1) is 0 Å². The molecule has 1 atom stereocenters. The second-order valence-electron chi connectivity index (χ2n) is 8.58. The van der Waals surface area contributed by atoms with E-state index in [4.69, 9.17) is 0 Å². The SMILES string of the molecule is Cc1cc(C)n(CC(=O)N2CCC[C@@]3(CCC(=O)N(C4CC4)C3)C2)c(=O)n1. The molecule has 2 amide bonds. The van der Waals surface area contributed by atoms with E-state index < -0.39 is 0 Å². The third-order valence-electron chi connectivity index (χ3n) is 6.34. The molecule has 3 fully saturated rings. The summed E-state index contributed by atoms with van der Waals surface area (Å²) in [5, 5.41) is 0. The quantitative estimate of drug-likeness (QED) is 0.800. The van der Waals surface area contributed by atoms with Gasteiger partial charge < -0.3 is 9.80 Å². The molecule has 3 heterocycles. The van der Waals surface area contributed by atoms with Gasteiger partial charge in [0.15, 0.2) is 0 Å². The molecule has 1 aromatic rings. The Balaban J connectivity index is 1.47. The van der Waals surface area contributed by atoms with Crippen molar-refractivity contribution in [3.63, 3.8) is 0 Å². The Bertz CT molecular complexity index is 829. The molecule has 1 saturated carbocycles. The van der Waals surface area contributed by atoms with Crippen LogP contribution in [0.25, 0.3) is 0 Å². The molecule has 0 radical (unpaired) electrons. The molecule has 27 heavy (non-hydrogen) atoms. The molecule has 3 aliphatic rings. The fraction of sp³-hybridized carbons (Fsp3) is 0.700. The zero-order chi connectivity index (χ0) is 19.2. The second-order valence-corrected chi connectivity index (χ2v) is 8.58. The first-order valence-electron chi connectivity index (χ1n) is 9.99. The van der Waals surface area contributed by atoms with Gasteiger partial charge in [-0.05, 0) is 52.0 Å². The van der Waals surface area contributed by atoms with Gasteiger partial charge in [0.05, 0.1) is 0 Å². The molecule has 0 bridgehead atoms. The summed E-state index contributed by atoms with van der Waals surface area (Å²) in [6, 6.07) is 2.26. The van der Waals surface area contributed by atoms with Crippen molar-refractivity contribution in [3.8, 4) is 0 Å². The van der Waals surface area contributed by atoms with E-state index in [0.717, 1.165) is 50.9 Å². The van der Waals surface area contributed by atoms with Gasteiger partial charge in [-0.3, -0.25) is 14.2 Å². The minimum atomic E-state index is -0.365. The smallest absolute Gasteiger partial charge is 0.341 e. The lowest BCUT2D eigenvalue weighted by Crippen LogP contribution is -2.56. The summed E-state index contributed by atoms with van der Waals surface area (Å²) < 4.78 is 1.46. The standard InChI is InChI=1S/C20H28N4O3/c1-14-10-15(2)23(19(27)21-14)11-18(26)22-9-3-7-20(12-22)8-6-17(25)24(13-20)16-4-5-16/h10,16H,3-9,11-13H2,1-2H3/t20-/m1/s1. The molecule has 0 N–H and O–H groups in total. The molecule has 0 unspecified atom stereocenters. The molecular weight excluding hydrogens is 344 g/mol. The Kier molecular flexibility index (Phi) is 4.56. The van der Waals surface area contributed by atoms with Crippen LogP contribution in [0.5, 0.6) is 0 Å². The first kappa shape index (κ1) is 18.2. The maximum atomic E-state index is 12.9. The van der Waals surface area contributed by atoms with Crippen LogP contribution in [-0.2, 0) is 16.1 Å². The minimum Gasteiger partial charge on any atom is -0.341 e. The van der Waals surface area contributed by atoms with Crippen LogP contribution < -0.4 is 5.69 Å². The lowest BCUT2D eigenvalue weighted by molar-refractivity contribution is -0.143. The third-order valence-corrected chi connectivity index (χ3v) is 6.34. The van der Waals surface area contributed by atoms with Gasteiger partial charge in [0, 0.05) is 48.9 Å². The number of hydrogen-bond acceptors (Lipinski definition) is 4. The first-order valence-corrected chi connectivity index (χ1v) is 9.99.